The second kappa shape index (κ2) is 6.27. The molecule has 1 amide bonds. The third kappa shape index (κ3) is 3.42. The van der Waals surface area contributed by atoms with Gasteiger partial charge in [0.15, 0.2) is 0 Å². The van der Waals surface area contributed by atoms with Crippen molar-refractivity contribution in [2.75, 3.05) is 7.05 Å². The zero-order chi connectivity index (χ0) is 15.6. The Balaban J connectivity index is 2.26. The number of carbonyl (C=O) groups excluding carboxylic acids is 1. The van der Waals surface area contributed by atoms with Crippen LogP contribution in [0.4, 0.5) is 4.39 Å². The number of amides is 1. The number of halogens is 2. The van der Waals surface area contributed by atoms with Gasteiger partial charge in [-0.1, -0.05) is 23.7 Å². The van der Waals surface area contributed by atoms with Crippen molar-refractivity contribution in [3.8, 4) is 0 Å². The molecule has 1 atom stereocenters. The second-order valence-corrected chi connectivity index (χ2v) is 5.54. The highest BCUT2D eigenvalue weighted by Gasteiger charge is 2.20. The predicted octanol–water partition coefficient (Wildman–Crippen LogP) is 4.62. The van der Waals surface area contributed by atoms with Gasteiger partial charge in [0.25, 0.3) is 5.91 Å². The molecule has 2 aromatic carbocycles. The average molecular weight is 306 g/mol. The lowest BCUT2D eigenvalue weighted by molar-refractivity contribution is 0.0742. The lowest BCUT2D eigenvalue weighted by Gasteiger charge is -2.26. The van der Waals surface area contributed by atoms with Crippen LogP contribution in [0.25, 0.3) is 0 Å². The van der Waals surface area contributed by atoms with Gasteiger partial charge in [-0.3, -0.25) is 4.79 Å². The largest absolute Gasteiger partial charge is 0.335 e. The molecule has 0 bridgehead atoms. The topological polar surface area (TPSA) is 20.3 Å². The summed E-state index contributed by atoms with van der Waals surface area (Å²) in [5.74, 6) is -0.477. The smallest absolute Gasteiger partial charge is 0.254 e. The fraction of sp³-hybridized carbons (Fsp3) is 0.235. The van der Waals surface area contributed by atoms with Crippen molar-refractivity contribution < 1.29 is 9.18 Å². The number of rotatable bonds is 3. The van der Waals surface area contributed by atoms with E-state index in [1.54, 1.807) is 24.9 Å². The Morgan fingerprint density at radius 2 is 1.95 bits per heavy atom. The molecular formula is C17H17ClFNO. The van der Waals surface area contributed by atoms with Gasteiger partial charge in [0.2, 0.25) is 0 Å². The molecule has 2 nitrogen and oxygen atoms in total. The van der Waals surface area contributed by atoms with Gasteiger partial charge in [-0.2, -0.15) is 0 Å². The molecule has 0 fully saturated rings. The molecule has 0 aliphatic heterocycles. The standard InChI is InChI=1S/C17H17ClFNO/c1-11-9-15(19)7-8-16(11)17(21)20(3)12(2)13-5-4-6-14(18)10-13/h4-10,12H,1-3H3. The molecule has 2 rings (SSSR count). The first-order valence-electron chi connectivity index (χ1n) is 6.69. The molecule has 110 valence electrons. The molecule has 0 heterocycles. The van der Waals surface area contributed by atoms with Gasteiger partial charge < -0.3 is 4.90 Å². The number of hydrogen-bond donors (Lipinski definition) is 0. The summed E-state index contributed by atoms with van der Waals surface area (Å²) in [5.41, 5.74) is 2.09. The molecule has 0 aliphatic carbocycles. The molecule has 21 heavy (non-hydrogen) atoms. The fourth-order valence-electron chi connectivity index (χ4n) is 2.22. The Bertz CT molecular complexity index is 672. The number of nitrogens with zero attached hydrogens (tertiary/aromatic N) is 1. The van der Waals surface area contributed by atoms with Gasteiger partial charge in [0.05, 0.1) is 6.04 Å². The maximum Gasteiger partial charge on any atom is 0.254 e. The number of benzene rings is 2. The molecule has 0 aliphatic rings. The summed E-state index contributed by atoms with van der Waals surface area (Å²) in [6.07, 6.45) is 0. The van der Waals surface area contributed by atoms with Crippen LogP contribution in [0.15, 0.2) is 42.5 Å². The van der Waals surface area contributed by atoms with Crippen LogP contribution in [0, 0.1) is 12.7 Å². The lowest BCUT2D eigenvalue weighted by Crippen LogP contribution is -2.30. The maximum atomic E-state index is 13.1. The molecule has 2 aromatic rings. The Kier molecular flexibility index (Phi) is 4.63. The first-order chi connectivity index (χ1) is 9.90. The van der Waals surface area contributed by atoms with Crippen molar-refractivity contribution in [2.24, 2.45) is 0 Å². The van der Waals surface area contributed by atoms with E-state index in [0.29, 0.717) is 16.1 Å². The van der Waals surface area contributed by atoms with E-state index in [1.165, 1.54) is 18.2 Å². The Morgan fingerprint density at radius 1 is 1.24 bits per heavy atom. The summed E-state index contributed by atoms with van der Waals surface area (Å²) in [5, 5.41) is 0.637. The van der Waals surface area contributed by atoms with Crippen LogP contribution < -0.4 is 0 Å². The van der Waals surface area contributed by atoms with E-state index in [4.69, 9.17) is 11.6 Å². The fourth-order valence-corrected chi connectivity index (χ4v) is 2.42. The van der Waals surface area contributed by atoms with Crippen molar-refractivity contribution in [3.05, 3.63) is 70.0 Å². The van der Waals surface area contributed by atoms with Crippen molar-refractivity contribution in [2.45, 2.75) is 19.9 Å². The normalized spacial score (nSPS) is 12.0. The van der Waals surface area contributed by atoms with E-state index in [1.807, 2.05) is 25.1 Å². The van der Waals surface area contributed by atoms with Gasteiger partial charge >= 0.3 is 0 Å². The number of carbonyl (C=O) groups is 1. The Hall–Kier alpha value is -1.87. The van der Waals surface area contributed by atoms with Crippen molar-refractivity contribution >= 4 is 17.5 Å². The summed E-state index contributed by atoms with van der Waals surface area (Å²) in [6, 6.07) is 11.5. The van der Waals surface area contributed by atoms with Gasteiger partial charge in [-0.25, -0.2) is 4.39 Å². The van der Waals surface area contributed by atoms with Crippen molar-refractivity contribution in [1.29, 1.82) is 0 Å². The van der Waals surface area contributed by atoms with Crippen LogP contribution in [0.3, 0.4) is 0 Å². The quantitative estimate of drug-likeness (QED) is 0.810. The van der Waals surface area contributed by atoms with E-state index in [2.05, 4.69) is 0 Å². The van der Waals surface area contributed by atoms with Crippen LogP contribution >= 0.6 is 11.6 Å². The van der Waals surface area contributed by atoms with Gasteiger partial charge in [0, 0.05) is 17.6 Å². The summed E-state index contributed by atoms with van der Waals surface area (Å²) >= 11 is 5.99. The summed E-state index contributed by atoms with van der Waals surface area (Å²) in [6.45, 7) is 3.66. The first-order valence-corrected chi connectivity index (χ1v) is 7.06. The SMILES string of the molecule is Cc1cc(F)ccc1C(=O)N(C)C(C)c1cccc(Cl)c1. The molecule has 0 N–H and O–H groups in total. The Labute approximate surface area is 129 Å². The minimum atomic E-state index is -0.338. The van der Waals surface area contributed by atoms with Crippen LogP contribution in [-0.2, 0) is 0 Å². The first kappa shape index (κ1) is 15.5. The van der Waals surface area contributed by atoms with Gasteiger partial charge in [-0.05, 0) is 55.3 Å². The van der Waals surface area contributed by atoms with E-state index in [-0.39, 0.29) is 17.8 Å². The summed E-state index contributed by atoms with van der Waals surface area (Å²) in [4.78, 5) is 14.2. The van der Waals surface area contributed by atoms with Gasteiger partial charge in [0.1, 0.15) is 5.82 Å². The predicted molar refractivity (Wildman–Crippen MR) is 83.1 cm³/mol. The zero-order valence-electron chi connectivity index (χ0n) is 12.2. The molecule has 0 saturated heterocycles. The summed E-state index contributed by atoms with van der Waals surface area (Å²) in [7, 11) is 1.73. The highest BCUT2D eigenvalue weighted by atomic mass is 35.5. The maximum absolute atomic E-state index is 13.1. The second-order valence-electron chi connectivity index (χ2n) is 5.11. The molecular weight excluding hydrogens is 289 g/mol. The minimum Gasteiger partial charge on any atom is -0.335 e. The summed E-state index contributed by atoms with van der Waals surface area (Å²) < 4.78 is 13.1. The van der Waals surface area contributed by atoms with Crippen LogP contribution in [0.2, 0.25) is 5.02 Å². The zero-order valence-corrected chi connectivity index (χ0v) is 13.0. The van der Waals surface area contributed by atoms with E-state index in [9.17, 15) is 9.18 Å². The molecule has 0 spiro atoms. The van der Waals surface area contributed by atoms with Gasteiger partial charge in [-0.15, -0.1) is 0 Å². The highest BCUT2D eigenvalue weighted by molar-refractivity contribution is 6.30. The molecule has 0 radical (unpaired) electrons. The molecule has 1 unspecified atom stereocenters. The van der Waals surface area contributed by atoms with E-state index < -0.39 is 0 Å². The monoisotopic (exact) mass is 305 g/mol. The van der Waals surface area contributed by atoms with Crippen LogP contribution in [-0.4, -0.2) is 17.9 Å². The number of hydrogen-bond acceptors (Lipinski definition) is 1. The Morgan fingerprint density at radius 3 is 2.57 bits per heavy atom. The molecule has 0 saturated carbocycles. The molecule has 4 heteroatoms. The average Bonchev–Trinajstić information content (AvgIpc) is 2.45. The van der Waals surface area contributed by atoms with E-state index in [0.717, 1.165) is 5.56 Å². The third-order valence-corrected chi connectivity index (χ3v) is 3.89. The highest BCUT2D eigenvalue weighted by Crippen LogP contribution is 2.24. The lowest BCUT2D eigenvalue weighted by atomic mass is 10.0. The van der Waals surface area contributed by atoms with Crippen LogP contribution in [0.1, 0.15) is 34.5 Å². The third-order valence-electron chi connectivity index (χ3n) is 3.65. The van der Waals surface area contributed by atoms with E-state index >= 15 is 0 Å². The van der Waals surface area contributed by atoms with Crippen molar-refractivity contribution in [1.82, 2.24) is 4.90 Å². The molecule has 0 aromatic heterocycles. The van der Waals surface area contributed by atoms with Crippen LogP contribution in [0.5, 0.6) is 0 Å². The van der Waals surface area contributed by atoms with Crippen molar-refractivity contribution in [3.63, 3.8) is 0 Å². The minimum absolute atomic E-state index is 0.124. The number of aryl methyl sites for hydroxylation is 1.